The molecule has 0 saturated carbocycles. The maximum atomic E-state index is 13.5. The highest BCUT2D eigenvalue weighted by molar-refractivity contribution is 5.47. The Morgan fingerprint density at radius 1 is 0.946 bits per heavy atom. The molecule has 0 fully saturated rings. The molecule has 0 radical (unpaired) electrons. The predicted octanol–water partition coefficient (Wildman–Crippen LogP) is 6.28. The van der Waals surface area contributed by atoms with Gasteiger partial charge in [-0.3, -0.25) is 4.90 Å². The van der Waals surface area contributed by atoms with Crippen molar-refractivity contribution >= 4 is 0 Å². The lowest BCUT2D eigenvalue weighted by Gasteiger charge is -2.25. The molecule has 7 heteroatoms. The van der Waals surface area contributed by atoms with Crippen LogP contribution in [0.3, 0.4) is 0 Å². The second kappa shape index (κ2) is 12.5. The number of hydrogen-bond donors (Lipinski definition) is 1. The van der Waals surface area contributed by atoms with Gasteiger partial charge in [-0.2, -0.15) is 5.10 Å². The Balaban J connectivity index is 1.73. The first-order valence-electron chi connectivity index (χ1n) is 12.6. The number of hydrogen-bond acceptors (Lipinski definition) is 5. The summed E-state index contributed by atoms with van der Waals surface area (Å²) in [7, 11) is 1.61. The highest BCUT2D eigenvalue weighted by Crippen LogP contribution is 2.36. The molecule has 1 atom stereocenters. The van der Waals surface area contributed by atoms with Gasteiger partial charge in [-0.25, -0.2) is 9.07 Å². The van der Waals surface area contributed by atoms with Crippen LogP contribution in [-0.2, 0) is 13.1 Å². The molecule has 0 aliphatic rings. The number of aryl methyl sites for hydroxylation is 1. The van der Waals surface area contributed by atoms with Crippen molar-refractivity contribution in [2.45, 2.75) is 45.9 Å². The number of aromatic nitrogens is 2. The normalized spacial score (nSPS) is 12.1. The second-order valence-electron chi connectivity index (χ2n) is 9.11. The monoisotopic (exact) mass is 503 g/mol. The van der Waals surface area contributed by atoms with Crippen molar-refractivity contribution in [2.24, 2.45) is 0 Å². The molecule has 4 rings (SSSR count). The predicted molar refractivity (Wildman–Crippen MR) is 143 cm³/mol. The highest BCUT2D eigenvalue weighted by atomic mass is 19.1. The van der Waals surface area contributed by atoms with E-state index < -0.39 is 6.10 Å². The van der Waals surface area contributed by atoms with E-state index in [1.807, 2.05) is 61.5 Å². The van der Waals surface area contributed by atoms with E-state index in [2.05, 4.69) is 11.8 Å². The summed E-state index contributed by atoms with van der Waals surface area (Å²) < 4.78 is 27.4. The first-order chi connectivity index (χ1) is 18.0. The van der Waals surface area contributed by atoms with Gasteiger partial charge in [0.1, 0.15) is 5.82 Å². The van der Waals surface area contributed by atoms with Gasteiger partial charge in [0.15, 0.2) is 11.5 Å². The van der Waals surface area contributed by atoms with Gasteiger partial charge in [0, 0.05) is 19.6 Å². The molecular formula is C30H34FN3O3. The van der Waals surface area contributed by atoms with Crippen LogP contribution in [-0.4, -0.2) is 39.5 Å². The van der Waals surface area contributed by atoms with Crippen LogP contribution < -0.4 is 9.47 Å². The first kappa shape index (κ1) is 26.4. The topological polar surface area (TPSA) is 59.8 Å². The molecule has 4 aromatic rings. The Bertz CT molecular complexity index is 1280. The third kappa shape index (κ3) is 6.76. The van der Waals surface area contributed by atoms with E-state index in [0.29, 0.717) is 43.4 Å². The summed E-state index contributed by atoms with van der Waals surface area (Å²) in [6.45, 7) is 5.52. The molecule has 1 aromatic heterocycles. The quantitative estimate of drug-likeness (QED) is 0.246. The second-order valence-corrected chi connectivity index (χ2v) is 9.11. The van der Waals surface area contributed by atoms with E-state index in [9.17, 15) is 9.50 Å². The molecule has 0 amide bonds. The molecular weight excluding hydrogens is 469 g/mol. The number of ether oxygens (including phenoxy) is 2. The van der Waals surface area contributed by atoms with Gasteiger partial charge in [0.2, 0.25) is 5.88 Å². The average molecular weight is 504 g/mol. The maximum Gasteiger partial charge on any atom is 0.227 e. The third-order valence-corrected chi connectivity index (χ3v) is 6.21. The Morgan fingerprint density at radius 3 is 2.30 bits per heavy atom. The van der Waals surface area contributed by atoms with Crippen molar-refractivity contribution in [3.8, 4) is 23.1 Å². The molecule has 0 spiro atoms. The summed E-state index contributed by atoms with van der Waals surface area (Å²) >= 11 is 0. The molecule has 0 aliphatic heterocycles. The van der Waals surface area contributed by atoms with Crippen molar-refractivity contribution < 1.29 is 19.0 Å². The van der Waals surface area contributed by atoms with Crippen LogP contribution in [0.1, 0.15) is 36.6 Å². The minimum absolute atomic E-state index is 0.270. The van der Waals surface area contributed by atoms with Gasteiger partial charge >= 0.3 is 0 Å². The van der Waals surface area contributed by atoms with Gasteiger partial charge in [-0.05, 0) is 55.3 Å². The number of para-hydroxylation sites is 3. The standard InChI is InChI=1S/C30H34FN3O3/c1-4-10-26(35)20-33(19-23-15-17-24(31)18-16-23)21-27-22(2)32-34(25-11-6-5-7-12-25)30(27)37-29-14-9-8-13-28(29)36-3/h5-9,11-18,26,35H,4,10,19-21H2,1-3H3/t26-/m0/s1. The van der Waals surface area contributed by atoms with Gasteiger partial charge in [0.25, 0.3) is 0 Å². The van der Waals surface area contributed by atoms with E-state index in [4.69, 9.17) is 14.6 Å². The number of aliphatic hydroxyl groups excluding tert-OH is 1. The van der Waals surface area contributed by atoms with Crippen molar-refractivity contribution in [1.82, 2.24) is 14.7 Å². The first-order valence-corrected chi connectivity index (χ1v) is 12.6. The Morgan fingerprint density at radius 2 is 1.62 bits per heavy atom. The van der Waals surface area contributed by atoms with E-state index in [1.165, 1.54) is 12.1 Å². The average Bonchev–Trinajstić information content (AvgIpc) is 3.21. The van der Waals surface area contributed by atoms with Crippen molar-refractivity contribution in [3.05, 3.63) is 102 Å². The minimum Gasteiger partial charge on any atom is -0.493 e. The fourth-order valence-electron chi connectivity index (χ4n) is 4.36. The lowest BCUT2D eigenvalue weighted by molar-refractivity contribution is 0.0965. The number of nitrogens with zero attached hydrogens (tertiary/aromatic N) is 3. The molecule has 0 aliphatic carbocycles. The van der Waals surface area contributed by atoms with Crippen molar-refractivity contribution in [3.63, 3.8) is 0 Å². The summed E-state index contributed by atoms with van der Waals surface area (Å²) in [5.74, 6) is 1.52. The summed E-state index contributed by atoms with van der Waals surface area (Å²) in [5.41, 5.74) is 3.56. The summed E-state index contributed by atoms with van der Waals surface area (Å²) in [6, 6.07) is 23.8. The summed E-state index contributed by atoms with van der Waals surface area (Å²) in [4.78, 5) is 2.15. The molecule has 0 saturated heterocycles. The molecule has 1 N–H and O–H groups in total. The molecule has 37 heavy (non-hydrogen) atoms. The van der Waals surface area contributed by atoms with Gasteiger partial charge < -0.3 is 14.6 Å². The number of benzene rings is 3. The van der Waals surface area contributed by atoms with Gasteiger partial charge in [-0.15, -0.1) is 0 Å². The summed E-state index contributed by atoms with van der Waals surface area (Å²) in [5, 5.41) is 15.5. The lowest BCUT2D eigenvalue weighted by Crippen LogP contribution is -2.32. The zero-order valence-corrected chi connectivity index (χ0v) is 21.6. The van der Waals surface area contributed by atoms with Crippen LogP contribution in [0.2, 0.25) is 0 Å². The van der Waals surface area contributed by atoms with Crippen molar-refractivity contribution in [1.29, 1.82) is 0 Å². The van der Waals surface area contributed by atoms with Crippen LogP contribution in [0, 0.1) is 12.7 Å². The van der Waals surface area contributed by atoms with E-state index in [1.54, 1.807) is 23.9 Å². The molecule has 3 aromatic carbocycles. The largest absolute Gasteiger partial charge is 0.493 e. The SMILES string of the molecule is CCC[C@H](O)CN(Cc1ccc(F)cc1)Cc1c(C)nn(-c2ccccc2)c1Oc1ccccc1OC. The Hall–Kier alpha value is -3.68. The Kier molecular flexibility index (Phi) is 8.93. The molecule has 194 valence electrons. The minimum atomic E-state index is -0.478. The van der Waals surface area contributed by atoms with E-state index in [-0.39, 0.29) is 5.82 Å². The number of rotatable bonds is 12. The van der Waals surface area contributed by atoms with Crippen LogP contribution in [0.4, 0.5) is 4.39 Å². The fraction of sp³-hybridized carbons (Fsp3) is 0.300. The molecule has 0 bridgehead atoms. The number of aliphatic hydroxyl groups is 1. The lowest BCUT2D eigenvalue weighted by atomic mass is 10.1. The summed E-state index contributed by atoms with van der Waals surface area (Å²) in [6.07, 6.45) is 1.11. The molecule has 0 unspecified atom stereocenters. The Labute approximate surface area is 217 Å². The fourth-order valence-corrected chi connectivity index (χ4v) is 4.36. The highest BCUT2D eigenvalue weighted by Gasteiger charge is 2.23. The van der Waals surface area contributed by atoms with Gasteiger partial charge in [-0.1, -0.05) is 55.8 Å². The van der Waals surface area contributed by atoms with Crippen LogP contribution >= 0.6 is 0 Å². The maximum absolute atomic E-state index is 13.5. The number of halogens is 1. The molecule has 1 heterocycles. The van der Waals surface area contributed by atoms with E-state index in [0.717, 1.165) is 28.9 Å². The van der Waals surface area contributed by atoms with E-state index >= 15 is 0 Å². The zero-order chi connectivity index (χ0) is 26.2. The van der Waals surface area contributed by atoms with Crippen LogP contribution in [0.25, 0.3) is 5.69 Å². The molecule has 6 nitrogen and oxygen atoms in total. The van der Waals surface area contributed by atoms with Crippen LogP contribution in [0.5, 0.6) is 17.4 Å². The van der Waals surface area contributed by atoms with Gasteiger partial charge in [0.05, 0.1) is 30.2 Å². The third-order valence-electron chi connectivity index (χ3n) is 6.21. The smallest absolute Gasteiger partial charge is 0.227 e. The van der Waals surface area contributed by atoms with Crippen LogP contribution in [0.15, 0.2) is 78.9 Å². The number of methoxy groups -OCH3 is 1. The zero-order valence-electron chi connectivity index (χ0n) is 21.6. The van der Waals surface area contributed by atoms with Crippen molar-refractivity contribution in [2.75, 3.05) is 13.7 Å².